The second kappa shape index (κ2) is 10.5. The highest BCUT2D eigenvalue weighted by Crippen LogP contribution is 2.27. The van der Waals surface area contributed by atoms with E-state index in [-0.39, 0.29) is 19.4 Å². The maximum atomic E-state index is 13.2. The fourth-order valence-electron chi connectivity index (χ4n) is 3.85. The van der Waals surface area contributed by atoms with Gasteiger partial charge in [-0.25, -0.2) is 5.06 Å². The molecular formula is C23H25N3O6. The monoisotopic (exact) mass is 439 g/mol. The van der Waals surface area contributed by atoms with E-state index in [9.17, 15) is 29.5 Å². The molecule has 1 aliphatic rings. The van der Waals surface area contributed by atoms with E-state index in [1.165, 1.54) is 4.90 Å². The van der Waals surface area contributed by atoms with Crippen molar-refractivity contribution in [2.75, 3.05) is 18.0 Å². The van der Waals surface area contributed by atoms with E-state index >= 15 is 0 Å². The standard InChI is InChI=1S/C23H25N3O6/c27-15-25(32)13-18(12-16-6-2-1-3-7-16)22(30)24-19-11-10-17-8-4-5-9-20(17)26(23(19)31)14-21(28)29/h1-9,15,18-19,32H,10-14H2,(H,24,30)(H,28,29)/t18-,19-/m1/s1. The van der Waals surface area contributed by atoms with E-state index in [1.807, 2.05) is 42.5 Å². The number of para-hydroxylation sites is 1. The Kier molecular flexibility index (Phi) is 7.56. The predicted octanol–water partition coefficient (Wildman–Crippen LogP) is 1.24. The smallest absolute Gasteiger partial charge is 0.323 e. The van der Waals surface area contributed by atoms with Gasteiger partial charge in [-0.3, -0.25) is 29.3 Å². The number of carboxylic acids is 1. The number of amides is 3. The molecule has 0 bridgehead atoms. The van der Waals surface area contributed by atoms with Gasteiger partial charge in [0.15, 0.2) is 0 Å². The van der Waals surface area contributed by atoms with Crippen LogP contribution >= 0.6 is 0 Å². The highest BCUT2D eigenvalue weighted by molar-refractivity contribution is 6.03. The quantitative estimate of drug-likeness (QED) is 0.307. The van der Waals surface area contributed by atoms with Crippen LogP contribution in [0.25, 0.3) is 0 Å². The third-order valence-electron chi connectivity index (χ3n) is 5.38. The Morgan fingerprint density at radius 3 is 2.53 bits per heavy atom. The highest BCUT2D eigenvalue weighted by atomic mass is 16.5. The number of carbonyl (C=O) groups is 4. The molecular weight excluding hydrogens is 414 g/mol. The predicted molar refractivity (Wildman–Crippen MR) is 115 cm³/mol. The number of benzene rings is 2. The molecule has 2 aromatic carbocycles. The first kappa shape index (κ1) is 23.0. The summed E-state index contributed by atoms with van der Waals surface area (Å²) < 4.78 is 0. The lowest BCUT2D eigenvalue weighted by atomic mass is 9.97. The molecule has 0 saturated carbocycles. The van der Waals surface area contributed by atoms with Crippen molar-refractivity contribution in [3.8, 4) is 0 Å². The summed E-state index contributed by atoms with van der Waals surface area (Å²) in [4.78, 5) is 49.7. The van der Waals surface area contributed by atoms with Gasteiger partial charge in [-0.1, -0.05) is 48.5 Å². The largest absolute Gasteiger partial charge is 0.480 e. The molecule has 3 N–H and O–H groups in total. The Morgan fingerprint density at radius 2 is 1.84 bits per heavy atom. The SMILES string of the molecule is O=CN(O)C[C@@H](Cc1ccccc1)C(=O)N[C@@H]1CCc2ccccc2N(CC(=O)O)C1=O. The van der Waals surface area contributed by atoms with E-state index in [2.05, 4.69) is 5.32 Å². The van der Waals surface area contributed by atoms with Gasteiger partial charge in [0.1, 0.15) is 12.6 Å². The van der Waals surface area contributed by atoms with Crippen LogP contribution in [-0.4, -0.2) is 58.7 Å². The highest BCUT2D eigenvalue weighted by Gasteiger charge is 2.34. The Morgan fingerprint density at radius 1 is 1.16 bits per heavy atom. The van der Waals surface area contributed by atoms with E-state index in [0.29, 0.717) is 23.6 Å². The molecule has 1 aliphatic heterocycles. The zero-order valence-electron chi connectivity index (χ0n) is 17.4. The lowest BCUT2D eigenvalue weighted by Gasteiger charge is -2.26. The molecule has 32 heavy (non-hydrogen) atoms. The summed E-state index contributed by atoms with van der Waals surface area (Å²) in [5.74, 6) is -2.99. The number of hydrogen-bond acceptors (Lipinski definition) is 5. The number of hydrogen-bond donors (Lipinski definition) is 3. The number of carboxylic acid groups (broad SMARTS) is 1. The average molecular weight is 439 g/mol. The molecule has 168 valence electrons. The normalized spacial score (nSPS) is 16.5. The summed E-state index contributed by atoms with van der Waals surface area (Å²) in [6, 6.07) is 15.2. The third kappa shape index (κ3) is 5.70. The molecule has 0 fully saturated rings. The topological polar surface area (TPSA) is 127 Å². The van der Waals surface area contributed by atoms with Crippen LogP contribution in [0.2, 0.25) is 0 Å². The molecule has 0 radical (unpaired) electrons. The molecule has 3 rings (SSSR count). The van der Waals surface area contributed by atoms with E-state index in [1.54, 1.807) is 12.1 Å². The van der Waals surface area contributed by atoms with Gasteiger partial charge in [-0.15, -0.1) is 0 Å². The minimum absolute atomic E-state index is 0.216. The summed E-state index contributed by atoms with van der Waals surface area (Å²) in [6.07, 6.45) is 1.24. The number of carbonyl (C=O) groups excluding carboxylic acids is 3. The fourth-order valence-corrected chi connectivity index (χ4v) is 3.85. The van der Waals surface area contributed by atoms with Crippen molar-refractivity contribution >= 4 is 29.9 Å². The molecule has 9 nitrogen and oxygen atoms in total. The van der Waals surface area contributed by atoms with Crippen molar-refractivity contribution in [2.24, 2.45) is 5.92 Å². The fraction of sp³-hybridized carbons (Fsp3) is 0.304. The van der Waals surface area contributed by atoms with Crippen LogP contribution < -0.4 is 10.2 Å². The van der Waals surface area contributed by atoms with Gasteiger partial charge in [0.2, 0.25) is 18.2 Å². The van der Waals surface area contributed by atoms with Crippen LogP contribution in [-0.2, 0) is 32.0 Å². The van der Waals surface area contributed by atoms with Crippen molar-refractivity contribution in [1.29, 1.82) is 0 Å². The van der Waals surface area contributed by atoms with Gasteiger partial charge < -0.3 is 10.4 Å². The van der Waals surface area contributed by atoms with Crippen LogP contribution in [0.3, 0.4) is 0 Å². The molecule has 2 aromatic rings. The van der Waals surface area contributed by atoms with E-state index < -0.39 is 36.3 Å². The molecule has 2 atom stereocenters. The Bertz CT molecular complexity index is 981. The van der Waals surface area contributed by atoms with Gasteiger partial charge in [0, 0.05) is 5.69 Å². The summed E-state index contributed by atoms with van der Waals surface area (Å²) in [5, 5.41) is 22.1. The van der Waals surface area contributed by atoms with Crippen molar-refractivity contribution in [3.05, 3.63) is 65.7 Å². The summed E-state index contributed by atoms with van der Waals surface area (Å²) >= 11 is 0. The van der Waals surface area contributed by atoms with Gasteiger partial charge in [-0.2, -0.15) is 0 Å². The molecule has 9 heteroatoms. The maximum Gasteiger partial charge on any atom is 0.323 e. The number of rotatable bonds is 9. The molecule has 0 unspecified atom stereocenters. The molecule has 1 heterocycles. The zero-order chi connectivity index (χ0) is 23.1. The number of fused-ring (bicyclic) bond motifs is 1. The first-order valence-corrected chi connectivity index (χ1v) is 10.2. The number of aryl methyl sites for hydroxylation is 1. The van der Waals surface area contributed by atoms with Crippen LogP contribution in [0, 0.1) is 5.92 Å². The Labute approximate surface area is 185 Å². The van der Waals surface area contributed by atoms with Gasteiger partial charge in [-0.05, 0) is 36.5 Å². The average Bonchev–Trinajstić information content (AvgIpc) is 2.91. The van der Waals surface area contributed by atoms with Crippen LogP contribution in [0.4, 0.5) is 5.69 Å². The van der Waals surface area contributed by atoms with Gasteiger partial charge in [0.25, 0.3) is 0 Å². The van der Waals surface area contributed by atoms with Crippen molar-refractivity contribution < 1.29 is 29.5 Å². The van der Waals surface area contributed by atoms with Crippen molar-refractivity contribution in [3.63, 3.8) is 0 Å². The zero-order valence-corrected chi connectivity index (χ0v) is 17.4. The number of nitrogens with one attached hydrogen (secondary N) is 1. The Hall–Kier alpha value is -3.72. The van der Waals surface area contributed by atoms with Crippen LogP contribution in [0.1, 0.15) is 17.5 Å². The second-order valence-electron chi connectivity index (χ2n) is 7.66. The summed E-state index contributed by atoms with van der Waals surface area (Å²) in [6.45, 7) is -0.768. The second-order valence-corrected chi connectivity index (χ2v) is 7.66. The lowest BCUT2D eigenvalue weighted by Crippen LogP contribution is -2.51. The first-order chi connectivity index (χ1) is 15.4. The lowest BCUT2D eigenvalue weighted by molar-refractivity contribution is -0.154. The first-order valence-electron chi connectivity index (χ1n) is 10.2. The minimum atomic E-state index is -1.16. The number of hydroxylamine groups is 2. The summed E-state index contributed by atoms with van der Waals surface area (Å²) in [5.41, 5.74) is 2.17. The molecule has 3 amide bonds. The molecule has 0 aromatic heterocycles. The number of nitrogens with zero attached hydrogens (tertiary/aromatic N) is 2. The van der Waals surface area contributed by atoms with Crippen molar-refractivity contribution in [2.45, 2.75) is 25.3 Å². The summed E-state index contributed by atoms with van der Waals surface area (Å²) in [7, 11) is 0. The van der Waals surface area contributed by atoms with Gasteiger partial charge in [0.05, 0.1) is 12.5 Å². The third-order valence-corrected chi connectivity index (χ3v) is 5.38. The molecule has 0 spiro atoms. The van der Waals surface area contributed by atoms with Gasteiger partial charge >= 0.3 is 5.97 Å². The van der Waals surface area contributed by atoms with E-state index in [4.69, 9.17) is 0 Å². The van der Waals surface area contributed by atoms with E-state index in [0.717, 1.165) is 11.1 Å². The maximum absolute atomic E-state index is 13.2. The molecule has 0 saturated heterocycles. The Balaban J connectivity index is 1.81. The molecule has 0 aliphatic carbocycles. The number of anilines is 1. The van der Waals surface area contributed by atoms with Crippen molar-refractivity contribution in [1.82, 2.24) is 10.4 Å². The minimum Gasteiger partial charge on any atom is -0.480 e. The van der Waals surface area contributed by atoms with Crippen LogP contribution in [0.5, 0.6) is 0 Å². The van der Waals surface area contributed by atoms with Crippen LogP contribution in [0.15, 0.2) is 54.6 Å². The number of aliphatic carboxylic acids is 1.